The summed E-state index contributed by atoms with van der Waals surface area (Å²) in [7, 11) is 0. The van der Waals surface area contributed by atoms with E-state index in [4.69, 9.17) is 10.2 Å². The number of rotatable bonds is 8. The summed E-state index contributed by atoms with van der Waals surface area (Å²) in [6, 6.07) is 10.3. The van der Waals surface area contributed by atoms with Crippen LogP contribution in [0.3, 0.4) is 0 Å². The van der Waals surface area contributed by atoms with Crippen molar-refractivity contribution >= 4 is 12.2 Å². The van der Waals surface area contributed by atoms with Crippen LogP contribution in [0.5, 0.6) is 0 Å². The van der Waals surface area contributed by atoms with Gasteiger partial charge in [-0.15, -0.1) is 0 Å². The first-order valence-corrected chi connectivity index (χ1v) is 8.89. The Kier molecular flexibility index (Phi) is 19.8. The molecule has 0 aliphatic carbocycles. The first-order chi connectivity index (χ1) is 11.9. The second kappa shape index (κ2) is 19.8. The number of carbonyl (C=O) groups is 2. The molecule has 0 atom stereocenters. The largest absolute Gasteiger partial charge is 0.465 e. The van der Waals surface area contributed by atoms with Crippen LogP contribution in [-0.4, -0.2) is 35.5 Å². The summed E-state index contributed by atoms with van der Waals surface area (Å²) in [4.78, 5) is 19.7. The summed E-state index contributed by atoms with van der Waals surface area (Å²) in [5.74, 6) is 0. The van der Waals surface area contributed by atoms with E-state index in [1.165, 1.54) is 5.56 Å². The zero-order chi connectivity index (χ0) is 19.3. The Morgan fingerprint density at radius 2 is 1.20 bits per heavy atom. The number of nitrogens with one attached hydrogen (secondary N) is 2. The van der Waals surface area contributed by atoms with Crippen LogP contribution in [0.15, 0.2) is 30.3 Å². The van der Waals surface area contributed by atoms with Crippen molar-refractivity contribution in [3.05, 3.63) is 35.9 Å². The molecule has 1 aromatic rings. The molecular weight excluding hydrogens is 320 g/mol. The Balaban J connectivity index is 0. The van der Waals surface area contributed by atoms with Crippen LogP contribution in [0.2, 0.25) is 0 Å². The Morgan fingerprint density at radius 1 is 0.800 bits per heavy atom. The van der Waals surface area contributed by atoms with E-state index >= 15 is 0 Å². The third-order valence-electron chi connectivity index (χ3n) is 3.05. The molecule has 0 fully saturated rings. The first kappa shape index (κ1) is 25.0. The van der Waals surface area contributed by atoms with Crippen LogP contribution in [0.25, 0.3) is 0 Å². The summed E-state index contributed by atoms with van der Waals surface area (Å²) >= 11 is 0. The smallest absolute Gasteiger partial charge is 0.404 e. The van der Waals surface area contributed by atoms with Crippen molar-refractivity contribution in [2.24, 2.45) is 0 Å². The molecule has 2 amide bonds. The SMILES string of the molecule is CCCCCNC(=O)O.CCCCCNC(=O)O.Cc1ccccc1. The Morgan fingerprint density at radius 3 is 1.44 bits per heavy atom. The average molecular weight is 354 g/mol. The van der Waals surface area contributed by atoms with E-state index in [2.05, 4.69) is 43.5 Å². The third-order valence-corrected chi connectivity index (χ3v) is 3.05. The highest BCUT2D eigenvalue weighted by atomic mass is 16.4. The molecule has 1 aromatic carbocycles. The molecule has 6 nitrogen and oxygen atoms in total. The van der Waals surface area contributed by atoms with Gasteiger partial charge < -0.3 is 20.8 Å². The van der Waals surface area contributed by atoms with Gasteiger partial charge in [-0.2, -0.15) is 0 Å². The number of unbranched alkanes of at least 4 members (excludes halogenated alkanes) is 4. The minimum absolute atomic E-state index is 0.586. The molecule has 0 radical (unpaired) electrons. The summed E-state index contributed by atoms with van der Waals surface area (Å²) < 4.78 is 0. The molecule has 144 valence electrons. The van der Waals surface area contributed by atoms with Gasteiger partial charge in [-0.3, -0.25) is 0 Å². The van der Waals surface area contributed by atoms with Crippen LogP contribution in [0, 0.1) is 6.92 Å². The van der Waals surface area contributed by atoms with Gasteiger partial charge >= 0.3 is 12.2 Å². The minimum Gasteiger partial charge on any atom is -0.465 e. The van der Waals surface area contributed by atoms with Crippen molar-refractivity contribution in [3.8, 4) is 0 Å². The van der Waals surface area contributed by atoms with Crippen LogP contribution < -0.4 is 10.6 Å². The second-order valence-corrected chi connectivity index (χ2v) is 5.53. The van der Waals surface area contributed by atoms with Crippen LogP contribution in [0.1, 0.15) is 57.9 Å². The standard InChI is InChI=1S/C7H8.2C6H13NO2/c1-7-5-3-2-4-6-7;2*1-2-3-4-5-7-6(8)9/h2-6H,1H3;2*7H,2-5H2,1H3,(H,8,9). The van der Waals surface area contributed by atoms with Gasteiger partial charge in [0.05, 0.1) is 0 Å². The highest BCUT2D eigenvalue weighted by Gasteiger charge is 1.91. The number of amides is 2. The minimum atomic E-state index is -0.925. The van der Waals surface area contributed by atoms with Gasteiger partial charge in [0.25, 0.3) is 0 Å². The summed E-state index contributed by atoms with van der Waals surface area (Å²) in [6.07, 6.45) is 4.49. The topological polar surface area (TPSA) is 98.7 Å². The molecule has 4 N–H and O–H groups in total. The molecule has 0 bridgehead atoms. The fraction of sp³-hybridized carbons (Fsp3) is 0.579. The predicted molar refractivity (Wildman–Crippen MR) is 102 cm³/mol. The van der Waals surface area contributed by atoms with E-state index in [1.807, 2.05) is 18.2 Å². The van der Waals surface area contributed by atoms with E-state index < -0.39 is 12.2 Å². The van der Waals surface area contributed by atoms with Crippen molar-refractivity contribution in [3.63, 3.8) is 0 Å². The number of aryl methyl sites for hydroxylation is 1. The Hall–Kier alpha value is -2.24. The van der Waals surface area contributed by atoms with Crippen molar-refractivity contribution in [2.75, 3.05) is 13.1 Å². The van der Waals surface area contributed by atoms with Gasteiger partial charge in [-0.1, -0.05) is 75.4 Å². The van der Waals surface area contributed by atoms with Gasteiger partial charge in [0.1, 0.15) is 0 Å². The van der Waals surface area contributed by atoms with Crippen LogP contribution in [0.4, 0.5) is 9.59 Å². The van der Waals surface area contributed by atoms with E-state index in [9.17, 15) is 9.59 Å². The van der Waals surface area contributed by atoms with Gasteiger partial charge in [0.2, 0.25) is 0 Å². The maximum atomic E-state index is 9.85. The van der Waals surface area contributed by atoms with E-state index in [-0.39, 0.29) is 0 Å². The molecule has 0 aromatic heterocycles. The Labute approximate surface area is 151 Å². The summed E-state index contributed by atoms with van der Waals surface area (Å²) in [5.41, 5.74) is 1.32. The molecule has 0 saturated carbocycles. The number of benzene rings is 1. The molecule has 0 unspecified atom stereocenters. The Bertz CT molecular complexity index is 403. The highest BCUT2D eigenvalue weighted by Crippen LogP contribution is 1.92. The number of carboxylic acid groups (broad SMARTS) is 2. The lowest BCUT2D eigenvalue weighted by atomic mass is 10.2. The van der Waals surface area contributed by atoms with Crippen molar-refractivity contribution in [2.45, 2.75) is 59.3 Å². The number of hydrogen-bond donors (Lipinski definition) is 4. The molecule has 1 rings (SSSR count). The van der Waals surface area contributed by atoms with E-state index in [0.717, 1.165) is 38.5 Å². The highest BCUT2D eigenvalue weighted by molar-refractivity contribution is 5.64. The second-order valence-electron chi connectivity index (χ2n) is 5.53. The molecule has 0 aliphatic rings. The molecule has 0 aliphatic heterocycles. The maximum Gasteiger partial charge on any atom is 0.404 e. The third kappa shape index (κ3) is 26.9. The van der Waals surface area contributed by atoms with Crippen molar-refractivity contribution < 1.29 is 19.8 Å². The molecule has 0 saturated heterocycles. The fourth-order valence-corrected chi connectivity index (χ4v) is 1.68. The van der Waals surface area contributed by atoms with Gasteiger partial charge in [-0.05, 0) is 19.8 Å². The summed E-state index contributed by atoms with van der Waals surface area (Å²) in [6.45, 7) is 7.42. The maximum absolute atomic E-state index is 9.85. The fourth-order valence-electron chi connectivity index (χ4n) is 1.68. The van der Waals surface area contributed by atoms with Crippen molar-refractivity contribution in [1.82, 2.24) is 10.6 Å². The monoisotopic (exact) mass is 354 g/mol. The zero-order valence-corrected chi connectivity index (χ0v) is 15.8. The molecule has 0 heterocycles. The van der Waals surface area contributed by atoms with Crippen LogP contribution >= 0.6 is 0 Å². The number of hydrogen-bond acceptors (Lipinski definition) is 2. The van der Waals surface area contributed by atoms with Crippen LogP contribution in [-0.2, 0) is 0 Å². The first-order valence-electron chi connectivity index (χ1n) is 8.89. The lowest BCUT2D eigenvalue weighted by molar-refractivity contribution is 0.193. The van der Waals surface area contributed by atoms with Gasteiger partial charge in [-0.25, -0.2) is 9.59 Å². The lowest BCUT2D eigenvalue weighted by Crippen LogP contribution is -2.21. The molecular formula is C19H34N2O4. The average Bonchev–Trinajstić information content (AvgIpc) is 2.57. The quantitative estimate of drug-likeness (QED) is 0.500. The lowest BCUT2D eigenvalue weighted by Gasteiger charge is -1.96. The normalized spacial score (nSPS) is 8.92. The molecule has 0 spiro atoms. The predicted octanol–water partition coefficient (Wildman–Crippen LogP) is 4.88. The van der Waals surface area contributed by atoms with Crippen molar-refractivity contribution in [1.29, 1.82) is 0 Å². The van der Waals surface area contributed by atoms with E-state index in [0.29, 0.717) is 13.1 Å². The van der Waals surface area contributed by atoms with Gasteiger partial charge in [0, 0.05) is 13.1 Å². The zero-order valence-electron chi connectivity index (χ0n) is 15.8. The van der Waals surface area contributed by atoms with Gasteiger partial charge in [0.15, 0.2) is 0 Å². The molecule has 25 heavy (non-hydrogen) atoms. The molecule has 6 heteroatoms. The summed E-state index contributed by atoms with van der Waals surface area (Å²) in [5, 5.41) is 20.8. The van der Waals surface area contributed by atoms with E-state index in [1.54, 1.807) is 0 Å².